The van der Waals surface area contributed by atoms with Gasteiger partial charge < -0.3 is 4.42 Å². The van der Waals surface area contributed by atoms with Crippen LogP contribution in [0.25, 0.3) is 22.3 Å². The Morgan fingerprint density at radius 2 is 1.84 bits per heavy atom. The number of benzene rings is 2. The zero-order chi connectivity index (χ0) is 13.4. The maximum absolute atomic E-state index is 13.0. The normalized spacial score (nSPS) is 11.1. The second-order valence-corrected chi connectivity index (χ2v) is 5.84. The molecule has 0 unspecified atom stereocenters. The van der Waals surface area contributed by atoms with E-state index in [4.69, 9.17) is 4.42 Å². The van der Waals surface area contributed by atoms with Crippen molar-refractivity contribution in [3.8, 4) is 11.3 Å². The van der Waals surface area contributed by atoms with Gasteiger partial charge in [-0.15, -0.1) is 11.8 Å². The first-order valence-corrected chi connectivity index (χ1v) is 7.73. The van der Waals surface area contributed by atoms with Crippen LogP contribution in [0.5, 0.6) is 0 Å². The van der Waals surface area contributed by atoms with E-state index in [9.17, 15) is 4.39 Å². The Morgan fingerprint density at radius 3 is 2.53 bits per heavy atom. The van der Waals surface area contributed by atoms with E-state index in [1.54, 1.807) is 23.9 Å². The fraction of sp³-hybridized carbons (Fsp3) is 0.0667. The molecule has 0 saturated heterocycles. The lowest BCUT2D eigenvalue weighted by Crippen LogP contribution is -1.78. The summed E-state index contributed by atoms with van der Waals surface area (Å²) in [4.78, 5) is 1.07. The van der Waals surface area contributed by atoms with Crippen LogP contribution >= 0.6 is 27.7 Å². The second kappa shape index (κ2) is 5.02. The fourth-order valence-corrected chi connectivity index (χ4v) is 3.13. The summed E-state index contributed by atoms with van der Waals surface area (Å²) >= 11 is 5.10. The molecule has 1 aromatic heterocycles. The van der Waals surface area contributed by atoms with E-state index in [-0.39, 0.29) is 5.82 Å². The van der Waals surface area contributed by atoms with Gasteiger partial charge in [0.1, 0.15) is 17.2 Å². The number of hydrogen-bond donors (Lipinski definition) is 0. The molecule has 0 amide bonds. The monoisotopic (exact) mass is 336 g/mol. The third-order valence-electron chi connectivity index (χ3n) is 2.92. The molecular formula is C15H10BrFOS. The highest BCUT2D eigenvalue weighted by Gasteiger charge is 2.15. The smallest absolute Gasteiger partial charge is 0.148 e. The van der Waals surface area contributed by atoms with Crippen LogP contribution in [0.1, 0.15) is 0 Å². The Hall–Kier alpha value is -1.26. The van der Waals surface area contributed by atoms with E-state index in [1.165, 1.54) is 12.1 Å². The summed E-state index contributed by atoms with van der Waals surface area (Å²) in [7, 11) is 0. The van der Waals surface area contributed by atoms with Gasteiger partial charge >= 0.3 is 0 Å². The minimum absolute atomic E-state index is 0.242. The Morgan fingerprint density at radius 1 is 1.11 bits per heavy atom. The minimum Gasteiger partial charge on any atom is -0.455 e. The number of furan rings is 1. The highest BCUT2D eigenvalue weighted by molar-refractivity contribution is 9.10. The molecule has 96 valence electrons. The van der Waals surface area contributed by atoms with Gasteiger partial charge in [-0.05, 0) is 48.7 Å². The molecule has 0 atom stereocenters. The third kappa shape index (κ3) is 2.30. The molecule has 0 spiro atoms. The molecule has 4 heteroatoms. The van der Waals surface area contributed by atoms with Crippen molar-refractivity contribution in [3.05, 3.63) is 52.8 Å². The van der Waals surface area contributed by atoms with Crippen LogP contribution in [0.2, 0.25) is 0 Å². The summed E-state index contributed by atoms with van der Waals surface area (Å²) < 4.78 is 19.9. The molecule has 3 aromatic rings. The van der Waals surface area contributed by atoms with Crippen molar-refractivity contribution >= 4 is 38.7 Å². The number of hydrogen-bond acceptors (Lipinski definition) is 2. The van der Waals surface area contributed by atoms with Gasteiger partial charge in [-0.3, -0.25) is 0 Å². The van der Waals surface area contributed by atoms with Crippen LogP contribution in [0.15, 0.2) is 56.2 Å². The molecule has 1 nitrogen and oxygen atoms in total. The first-order valence-electron chi connectivity index (χ1n) is 5.71. The third-order valence-corrected chi connectivity index (χ3v) is 4.22. The van der Waals surface area contributed by atoms with Crippen molar-refractivity contribution in [1.29, 1.82) is 0 Å². The van der Waals surface area contributed by atoms with Crippen LogP contribution in [-0.4, -0.2) is 6.26 Å². The number of rotatable bonds is 2. The molecule has 2 aromatic carbocycles. The maximum atomic E-state index is 13.0. The highest BCUT2D eigenvalue weighted by Crippen LogP contribution is 2.40. The average Bonchev–Trinajstić information content (AvgIpc) is 2.77. The summed E-state index contributed by atoms with van der Waals surface area (Å²) in [5.41, 5.74) is 1.73. The highest BCUT2D eigenvalue weighted by atomic mass is 79.9. The molecule has 0 fully saturated rings. The van der Waals surface area contributed by atoms with Crippen LogP contribution in [0.4, 0.5) is 4.39 Å². The van der Waals surface area contributed by atoms with E-state index < -0.39 is 0 Å². The first-order chi connectivity index (χ1) is 9.19. The lowest BCUT2D eigenvalue weighted by Gasteiger charge is -2.00. The SMILES string of the molecule is CSc1c(-c2ccc(F)cc2)oc2ccc(Br)cc12. The standard InChI is InChI=1S/C15H10BrFOS/c1-19-15-12-8-10(16)4-7-13(12)18-14(15)9-2-5-11(17)6-3-9/h2-8H,1H3. The Kier molecular flexibility index (Phi) is 3.37. The van der Waals surface area contributed by atoms with Gasteiger partial charge in [0.2, 0.25) is 0 Å². The van der Waals surface area contributed by atoms with E-state index >= 15 is 0 Å². The molecule has 0 bridgehead atoms. The first kappa shape index (κ1) is 12.8. The molecule has 0 saturated carbocycles. The van der Waals surface area contributed by atoms with Crippen molar-refractivity contribution in [2.75, 3.05) is 6.26 Å². The Labute approximate surface area is 122 Å². The van der Waals surface area contributed by atoms with Crippen LogP contribution < -0.4 is 0 Å². The largest absolute Gasteiger partial charge is 0.455 e. The van der Waals surface area contributed by atoms with E-state index in [0.717, 1.165) is 31.7 Å². The number of fused-ring (bicyclic) bond motifs is 1. The lowest BCUT2D eigenvalue weighted by atomic mass is 10.1. The minimum atomic E-state index is -0.242. The summed E-state index contributed by atoms with van der Waals surface area (Å²) in [6.07, 6.45) is 2.01. The molecular weight excluding hydrogens is 327 g/mol. The van der Waals surface area contributed by atoms with E-state index in [1.807, 2.05) is 24.5 Å². The molecule has 0 aliphatic heterocycles. The number of halogens is 2. The van der Waals surface area contributed by atoms with Crippen molar-refractivity contribution < 1.29 is 8.81 Å². The van der Waals surface area contributed by atoms with Crippen molar-refractivity contribution in [1.82, 2.24) is 0 Å². The zero-order valence-corrected chi connectivity index (χ0v) is 12.5. The van der Waals surface area contributed by atoms with Crippen molar-refractivity contribution in [2.24, 2.45) is 0 Å². The van der Waals surface area contributed by atoms with Crippen molar-refractivity contribution in [3.63, 3.8) is 0 Å². The van der Waals surface area contributed by atoms with Gasteiger partial charge in [0.25, 0.3) is 0 Å². The zero-order valence-electron chi connectivity index (χ0n) is 10.1. The van der Waals surface area contributed by atoms with Gasteiger partial charge in [0.15, 0.2) is 0 Å². The molecule has 0 aliphatic carbocycles. The van der Waals surface area contributed by atoms with Gasteiger partial charge in [0, 0.05) is 15.4 Å². The van der Waals surface area contributed by atoms with Crippen LogP contribution in [0.3, 0.4) is 0 Å². The van der Waals surface area contributed by atoms with Gasteiger partial charge in [0.05, 0.1) is 4.90 Å². The van der Waals surface area contributed by atoms with Gasteiger partial charge in [-0.2, -0.15) is 0 Å². The summed E-state index contributed by atoms with van der Waals surface area (Å²) in [6.45, 7) is 0. The quantitative estimate of drug-likeness (QED) is 0.555. The predicted octanol–water partition coefficient (Wildman–Crippen LogP) is 5.72. The van der Waals surface area contributed by atoms with Crippen LogP contribution in [0, 0.1) is 5.82 Å². The molecule has 1 heterocycles. The summed E-state index contributed by atoms with van der Waals surface area (Å²) in [5, 5.41) is 1.07. The van der Waals surface area contributed by atoms with E-state index in [0.29, 0.717) is 0 Å². The summed E-state index contributed by atoms with van der Waals surface area (Å²) in [5.74, 6) is 0.550. The second-order valence-electron chi connectivity index (χ2n) is 4.11. The Bertz CT molecular complexity index is 734. The Balaban J connectivity index is 2.25. The maximum Gasteiger partial charge on any atom is 0.148 e. The molecule has 0 aliphatic rings. The van der Waals surface area contributed by atoms with Crippen LogP contribution in [-0.2, 0) is 0 Å². The van der Waals surface area contributed by atoms with E-state index in [2.05, 4.69) is 15.9 Å². The molecule has 3 rings (SSSR count). The van der Waals surface area contributed by atoms with Gasteiger partial charge in [-0.1, -0.05) is 15.9 Å². The molecule has 19 heavy (non-hydrogen) atoms. The fourth-order valence-electron chi connectivity index (χ4n) is 2.04. The molecule has 0 N–H and O–H groups in total. The summed E-state index contributed by atoms with van der Waals surface area (Å²) in [6, 6.07) is 12.3. The van der Waals surface area contributed by atoms with Crippen molar-refractivity contribution in [2.45, 2.75) is 4.90 Å². The predicted molar refractivity (Wildman–Crippen MR) is 81.1 cm³/mol. The topological polar surface area (TPSA) is 13.1 Å². The average molecular weight is 337 g/mol. The number of thioether (sulfide) groups is 1. The van der Waals surface area contributed by atoms with Gasteiger partial charge in [-0.25, -0.2) is 4.39 Å². The molecule has 0 radical (unpaired) electrons. The lowest BCUT2D eigenvalue weighted by molar-refractivity contribution is 0.619.